The minimum Gasteiger partial charge on any atom is -0.466 e. The number of ketones is 1. The molecule has 2 aromatic carbocycles. The minimum absolute atomic E-state index is 0.0995. The molecule has 1 aliphatic rings. The fourth-order valence-corrected chi connectivity index (χ4v) is 4.72. The van der Waals surface area contributed by atoms with Crippen LogP contribution in [0.1, 0.15) is 17.2 Å². The van der Waals surface area contributed by atoms with Crippen molar-refractivity contribution in [2.75, 3.05) is 26.8 Å². The van der Waals surface area contributed by atoms with Gasteiger partial charge in [0.25, 0.3) is 0 Å². The summed E-state index contributed by atoms with van der Waals surface area (Å²) in [6.07, 6.45) is 1.22. The predicted octanol–water partition coefficient (Wildman–Crippen LogP) is 2.00. The van der Waals surface area contributed by atoms with E-state index in [2.05, 4.69) is 4.74 Å². The van der Waals surface area contributed by atoms with E-state index in [0.29, 0.717) is 10.5 Å². The monoisotopic (exact) mass is 500 g/mol. The van der Waals surface area contributed by atoms with Crippen molar-refractivity contribution in [3.8, 4) is 0 Å². The number of amides is 2. The number of cyclic esters (lactones) is 1. The lowest BCUT2D eigenvalue weighted by Gasteiger charge is -2.23. The maximum absolute atomic E-state index is 13.2. The van der Waals surface area contributed by atoms with Gasteiger partial charge in [-0.25, -0.2) is 22.9 Å². The molecule has 0 aliphatic carbocycles. The first-order valence-corrected chi connectivity index (χ1v) is 12.0. The van der Waals surface area contributed by atoms with Crippen LogP contribution >= 0.6 is 0 Å². The molecule has 0 saturated carbocycles. The average molecular weight is 501 g/mol. The number of aryl methyl sites for hydroxylation is 1. The first kappa shape index (κ1) is 25.8. The molecule has 2 aromatic rings. The van der Waals surface area contributed by atoms with Gasteiger partial charge in [0.15, 0.2) is 0 Å². The van der Waals surface area contributed by atoms with Gasteiger partial charge in [-0.05, 0) is 24.6 Å². The predicted molar refractivity (Wildman–Crippen MR) is 123 cm³/mol. The van der Waals surface area contributed by atoms with E-state index >= 15 is 0 Å². The highest BCUT2D eigenvalue weighted by molar-refractivity contribution is 7.89. The Morgan fingerprint density at radius 3 is 2.40 bits per heavy atom. The summed E-state index contributed by atoms with van der Waals surface area (Å²) in [5.41, 5.74) is 1.41. The van der Waals surface area contributed by atoms with E-state index in [1.165, 1.54) is 18.2 Å². The van der Waals surface area contributed by atoms with E-state index in [4.69, 9.17) is 4.74 Å². The summed E-state index contributed by atoms with van der Waals surface area (Å²) >= 11 is 0. The van der Waals surface area contributed by atoms with Crippen LogP contribution in [0.5, 0.6) is 0 Å². The second-order valence-corrected chi connectivity index (χ2v) is 9.58. The largest absolute Gasteiger partial charge is 0.466 e. The van der Waals surface area contributed by atoms with E-state index in [0.717, 1.165) is 23.1 Å². The molecular weight excluding hydrogens is 476 g/mol. The summed E-state index contributed by atoms with van der Waals surface area (Å²) in [5, 5.41) is 0. The average Bonchev–Trinajstić information content (AvgIpc) is 3.24. The lowest BCUT2D eigenvalue weighted by Crippen LogP contribution is -2.45. The molecule has 1 atom stereocenters. The Morgan fingerprint density at radius 1 is 1.11 bits per heavy atom. The second-order valence-electron chi connectivity index (χ2n) is 7.64. The number of Topliss-reactive ketones (excluding diaryl/α,β-unsaturated/α-hetero) is 1. The van der Waals surface area contributed by atoms with Crippen molar-refractivity contribution in [1.29, 1.82) is 0 Å². The van der Waals surface area contributed by atoms with Gasteiger partial charge in [-0.3, -0.25) is 9.59 Å². The van der Waals surface area contributed by atoms with Crippen molar-refractivity contribution < 1.29 is 37.1 Å². The number of rotatable bonds is 9. The van der Waals surface area contributed by atoms with Crippen LogP contribution < -0.4 is 0 Å². The molecule has 2 amide bonds. The summed E-state index contributed by atoms with van der Waals surface area (Å²) in [7, 11) is -3.07. The Hall–Kier alpha value is -3.83. The molecule has 1 heterocycles. The number of benzene rings is 2. The van der Waals surface area contributed by atoms with Crippen LogP contribution in [0, 0.1) is 6.92 Å². The molecule has 3 rings (SSSR count). The first-order valence-electron chi connectivity index (χ1n) is 10.5. The van der Waals surface area contributed by atoms with Crippen LogP contribution in [-0.2, 0) is 33.9 Å². The third kappa shape index (κ3) is 6.00. The van der Waals surface area contributed by atoms with Gasteiger partial charge < -0.3 is 9.47 Å². The zero-order valence-corrected chi connectivity index (χ0v) is 19.9. The highest BCUT2D eigenvalue weighted by Crippen LogP contribution is 2.28. The van der Waals surface area contributed by atoms with Gasteiger partial charge in [0.05, 0.1) is 18.6 Å². The summed E-state index contributed by atoms with van der Waals surface area (Å²) in [4.78, 5) is 50.2. The summed E-state index contributed by atoms with van der Waals surface area (Å²) < 4.78 is 36.7. The van der Waals surface area contributed by atoms with E-state index < -0.39 is 52.9 Å². The Kier molecular flexibility index (Phi) is 8.15. The molecule has 0 unspecified atom stereocenters. The SMILES string of the molecule is COC(=O)/C=C/CN(CC(=O)C(=O)N1C(=O)OC[C@H]1c1ccccc1)S(=O)(=O)c1ccc(C)cc1. The van der Waals surface area contributed by atoms with E-state index in [9.17, 15) is 27.6 Å². The number of hydrogen-bond donors (Lipinski definition) is 0. The molecule has 35 heavy (non-hydrogen) atoms. The number of carbonyl (C=O) groups excluding carboxylic acids is 4. The number of methoxy groups -OCH3 is 1. The molecule has 0 bridgehead atoms. The van der Waals surface area contributed by atoms with Gasteiger partial charge in [-0.2, -0.15) is 4.31 Å². The van der Waals surface area contributed by atoms with Crippen LogP contribution in [0.2, 0.25) is 0 Å². The van der Waals surface area contributed by atoms with Crippen molar-refractivity contribution in [2.45, 2.75) is 17.9 Å². The van der Waals surface area contributed by atoms with Crippen molar-refractivity contribution in [3.63, 3.8) is 0 Å². The number of nitrogens with zero attached hydrogens (tertiary/aromatic N) is 2. The second kappa shape index (κ2) is 11.1. The Labute approximate surface area is 202 Å². The molecule has 1 aliphatic heterocycles. The standard InChI is InChI=1S/C24H24N2O8S/c1-17-10-12-19(13-11-17)35(31,32)25(14-6-9-22(28)33-2)15-21(27)23(29)26-20(16-34-24(26)30)18-7-4-3-5-8-18/h3-13,20H,14-16H2,1-2H3/b9-6+/t20-/m0/s1. The van der Waals surface area contributed by atoms with Gasteiger partial charge in [-0.1, -0.05) is 54.1 Å². The lowest BCUT2D eigenvalue weighted by atomic mass is 10.1. The Morgan fingerprint density at radius 2 is 1.77 bits per heavy atom. The number of sulfonamides is 1. The normalized spacial score (nSPS) is 15.9. The molecule has 0 radical (unpaired) electrons. The van der Waals surface area contributed by atoms with Crippen LogP contribution in [0.25, 0.3) is 0 Å². The molecule has 0 spiro atoms. The van der Waals surface area contributed by atoms with Gasteiger partial charge in [0.2, 0.25) is 15.8 Å². The maximum Gasteiger partial charge on any atom is 0.417 e. The van der Waals surface area contributed by atoms with Gasteiger partial charge in [0.1, 0.15) is 12.6 Å². The van der Waals surface area contributed by atoms with Crippen molar-refractivity contribution in [1.82, 2.24) is 9.21 Å². The quantitative estimate of drug-likeness (QED) is 0.291. The van der Waals surface area contributed by atoms with Crippen LogP contribution in [0.15, 0.2) is 71.6 Å². The molecule has 11 heteroatoms. The number of carbonyl (C=O) groups is 4. The van der Waals surface area contributed by atoms with E-state index in [-0.39, 0.29) is 11.5 Å². The first-order chi connectivity index (χ1) is 16.6. The van der Waals surface area contributed by atoms with Crippen LogP contribution in [-0.4, -0.2) is 68.2 Å². The van der Waals surface area contributed by atoms with Gasteiger partial charge >= 0.3 is 18.0 Å². The molecule has 0 N–H and O–H groups in total. The molecule has 1 saturated heterocycles. The molecular formula is C24H24N2O8S. The van der Waals surface area contributed by atoms with E-state index in [1.54, 1.807) is 49.4 Å². The highest BCUT2D eigenvalue weighted by atomic mass is 32.2. The fraction of sp³-hybridized carbons (Fsp3) is 0.250. The summed E-state index contributed by atoms with van der Waals surface area (Å²) in [6.45, 7) is 0.408. The number of hydrogen-bond acceptors (Lipinski definition) is 8. The van der Waals surface area contributed by atoms with Gasteiger partial charge in [-0.15, -0.1) is 0 Å². The Bertz CT molecular complexity index is 1240. The fourth-order valence-electron chi connectivity index (χ4n) is 3.37. The minimum atomic E-state index is -4.23. The van der Waals surface area contributed by atoms with Crippen molar-refractivity contribution in [2.24, 2.45) is 0 Å². The number of imide groups is 1. The topological polar surface area (TPSA) is 127 Å². The number of esters is 1. The number of ether oxygens (including phenoxy) is 2. The maximum atomic E-state index is 13.2. The van der Waals surface area contributed by atoms with Crippen LogP contribution in [0.4, 0.5) is 4.79 Å². The Balaban J connectivity index is 1.86. The van der Waals surface area contributed by atoms with Gasteiger partial charge in [0, 0.05) is 12.6 Å². The highest BCUT2D eigenvalue weighted by Gasteiger charge is 2.42. The summed E-state index contributed by atoms with van der Waals surface area (Å²) in [5.74, 6) is -3.04. The van der Waals surface area contributed by atoms with Crippen LogP contribution in [0.3, 0.4) is 0 Å². The third-order valence-electron chi connectivity index (χ3n) is 5.26. The lowest BCUT2D eigenvalue weighted by molar-refractivity contribution is -0.143. The van der Waals surface area contributed by atoms with Crippen molar-refractivity contribution in [3.05, 3.63) is 77.9 Å². The van der Waals surface area contributed by atoms with Crippen molar-refractivity contribution >= 4 is 33.8 Å². The zero-order chi connectivity index (χ0) is 25.6. The van der Waals surface area contributed by atoms with E-state index in [1.807, 2.05) is 0 Å². The zero-order valence-electron chi connectivity index (χ0n) is 19.1. The molecule has 10 nitrogen and oxygen atoms in total. The third-order valence-corrected chi connectivity index (χ3v) is 7.08. The molecule has 0 aromatic heterocycles. The summed E-state index contributed by atoms with van der Waals surface area (Å²) in [6, 6.07) is 13.7. The molecule has 1 fully saturated rings. The smallest absolute Gasteiger partial charge is 0.417 e. The molecule has 184 valence electrons.